The number of nitrogens with zero attached hydrogens (tertiary/aromatic N) is 1. The van der Waals surface area contributed by atoms with Crippen LogP contribution in [-0.2, 0) is 0 Å². The van der Waals surface area contributed by atoms with Crippen LogP contribution in [0.4, 0.5) is 0 Å². The monoisotopic (exact) mass is 231 g/mol. The van der Waals surface area contributed by atoms with Crippen LogP contribution in [0.2, 0.25) is 0 Å². The second kappa shape index (κ2) is 7.51. The molecule has 1 unspecified atom stereocenters. The average molecular weight is 232 g/mol. The van der Waals surface area contributed by atoms with Gasteiger partial charge in [-0.1, -0.05) is 13.8 Å². The quantitative estimate of drug-likeness (QED) is 0.515. The van der Waals surface area contributed by atoms with Crippen LogP contribution in [0.25, 0.3) is 0 Å². The SMILES string of the molecule is CC(C)C1CCCN(CCCCCl)CC1. The Morgan fingerprint density at radius 2 is 2.00 bits per heavy atom. The maximum absolute atomic E-state index is 5.70. The van der Waals surface area contributed by atoms with Gasteiger partial charge in [0, 0.05) is 5.88 Å². The van der Waals surface area contributed by atoms with E-state index < -0.39 is 0 Å². The van der Waals surface area contributed by atoms with Crippen molar-refractivity contribution in [3.05, 3.63) is 0 Å². The molecule has 0 radical (unpaired) electrons. The Kier molecular flexibility index (Phi) is 6.67. The molecule has 1 nitrogen and oxygen atoms in total. The van der Waals surface area contributed by atoms with Crippen LogP contribution in [0.1, 0.15) is 46.0 Å². The zero-order valence-electron chi connectivity index (χ0n) is 10.3. The van der Waals surface area contributed by atoms with Crippen molar-refractivity contribution in [2.45, 2.75) is 46.0 Å². The number of hydrogen-bond acceptors (Lipinski definition) is 1. The van der Waals surface area contributed by atoms with E-state index in [1.807, 2.05) is 0 Å². The summed E-state index contributed by atoms with van der Waals surface area (Å²) in [7, 11) is 0. The molecule has 0 saturated carbocycles. The predicted molar refractivity (Wildman–Crippen MR) is 68.6 cm³/mol. The average Bonchev–Trinajstić information content (AvgIpc) is 2.44. The lowest BCUT2D eigenvalue weighted by Crippen LogP contribution is -2.26. The normalized spacial score (nSPS) is 24.4. The second-order valence-electron chi connectivity index (χ2n) is 5.17. The van der Waals surface area contributed by atoms with Gasteiger partial charge >= 0.3 is 0 Å². The summed E-state index contributed by atoms with van der Waals surface area (Å²) in [5, 5.41) is 0. The third kappa shape index (κ3) is 5.21. The molecule has 1 heterocycles. The molecule has 0 aromatic carbocycles. The van der Waals surface area contributed by atoms with Crippen molar-refractivity contribution in [2.24, 2.45) is 11.8 Å². The molecular formula is C13H26ClN. The molecular weight excluding hydrogens is 206 g/mol. The molecule has 15 heavy (non-hydrogen) atoms. The van der Waals surface area contributed by atoms with Gasteiger partial charge in [0.15, 0.2) is 0 Å². The summed E-state index contributed by atoms with van der Waals surface area (Å²) in [5.41, 5.74) is 0. The molecule has 0 amide bonds. The van der Waals surface area contributed by atoms with Crippen LogP contribution in [0.3, 0.4) is 0 Å². The molecule has 0 aliphatic carbocycles. The predicted octanol–water partition coefficient (Wildman–Crippen LogP) is 3.76. The Morgan fingerprint density at radius 1 is 1.20 bits per heavy atom. The summed E-state index contributed by atoms with van der Waals surface area (Å²) < 4.78 is 0. The van der Waals surface area contributed by atoms with Gasteiger partial charge in [-0.15, -0.1) is 11.6 Å². The van der Waals surface area contributed by atoms with Crippen LogP contribution in [0.5, 0.6) is 0 Å². The first kappa shape index (κ1) is 13.3. The topological polar surface area (TPSA) is 3.24 Å². The third-order valence-corrected chi connectivity index (χ3v) is 3.93. The lowest BCUT2D eigenvalue weighted by Gasteiger charge is -2.21. The van der Waals surface area contributed by atoms with Gasteiger partial charge < -0.3 is 4.90 Å². The van der Waals surface area contributed by atoms with Crippen molar-refractivity contribution in [1.82, 2.24) is 4.90 Å². The van der Waals surface area contributed by atoms with Gasteiger partial charge in [0.2, 0.25) is 0 Å². The minimum absolute atomic E-state index is 0.822. The first-order valence-corrected chi connectivity index (χ1v) is 7.05. The largest absolute Gasteiger partial charge is 0.303 e. The molecule has 1 fully saturated rings. The molecule has 1 saturated heterocycles. The molecule has 1 atom stereocenters. The lowest BCUT2D eigenvalue weighted by molar-refractivity contribution is 0.268. The van der Waals surface area contributed by atoms with Crippen LogP contribution in [0, 0.1) is 11.8 Å². The number of alkyl halides is 1. The molecule has 0 aromatic rings. The highest BCUT2D eigenvalue weighted by Crippen LogP contribution is 2.24. The highest BCUT2D eigenvalue weighted by molar-refractivity contribution is 6.17. The van der Waals surface area contributed by atoms with Gasteiger partial charge in [-0.2, -0.15) is 0 Å². The van der Waals surface area contributed by atoms with Crippen molar-refractivity contribution in [1.29, 1.82) is 0 Å². The van der Waals surface area contributed by atoms with E-state index in [4.69, 9.17) is 11.6 Å². The van der Waals surface area contributed by atoms with Crippen LogP contribution < -0.4 is 0 Å². The highest BCUT2D eigenvalue weighted by atomic mass is 35.5. The number of rotatable bonds is 5. The van der Waals surface area contributed by atoms with Crippen LogP contribution in [-0.4, -0.2) is 30.4 Å². The number of likely N-dealkylation sites (tertiary alicyclic amines) is 1. The molecule has 1 aliphatic heterocycles. The fraction of sp³-hybridized carbons (Fsp3) is 1.00. The maximum atomic E-state index is 5.70. The van der Waals surface area contributed by atoms with Crippen molar-refractivity contribution < 1.29 is 0 Å². The summed E-state index contributed by atoms with van der Waals surface area (Å²) in [6, 6.07) is 0. The van der Waals surface area contributed by atoms with E-state index in [0.29, 0.717) is 0 Å². The standard InChI is InChI=1S/C13H26ClN/c1-12(2)13-6-5-10-15(11-7-13)9-4-3-8-14/h12-13H,3-11H2,1-2H3. The number of halogens is 1. The fourth-order valence-corrected chi connectivity index (χ4v) is 2.69. The molecule has 0 aromatic heterocycles. The van der Waals surface area contributed by atoms with E-state index >= 15 is 0 Å². The Hall–Kier alpha value is 0.250. The zero-order chi connectivity index (χ0) is 11.1. The fourth-order valence-electron chi connectivity index (χ4n) is 2.50. The number of unbranched alkanes of at least 4 members (excludes halogenated alkanes) is 1. The van der Waals surface area contributed by atoms with E-state index in [-0.39, 0.29) is 0 Å². The van der Waals surface area contributed by atoms with Crippen molar-refractivity contribution >= 4 is 11.6 Å². The minimum Gasteiger partial charge on any atom is -0.303 e. The van der Waals surface area contributed by atoms with Gasteiger partial charge in [0.25, 0.3) is 0 Å². The van der Waals surface area contributed by atoms with Crippen molar-refractivity contribution in [3.8, 4) is 0 Å². The Labute approximate surface area is 100 Å². The van der Waals surface area contributed by atoms with Gasteiger partial charge in [0.05, 0.1) is 0 Å². The van der Waals surface area contributed by atoms with Gasteiger partial charge in [-0.3, -0.25) is 0 Å². The van der Waals surface area contributed by atoms with E-state index in [0.717, 1.165) is 17.7 Å². The van der Waals surface area contributed by atoms with Crippen molar-refractivity contribution in [3.63, 3.8) is 0 Å². The summed E-state index contributed by atoms with van der Waals surface area (Å²) in [6.07, 6.45) is 6.67. The van der Waals surface area contributed by atoms with E-state index in [1.165, 1.54) is 51.7 Å². The molecule has 1 aliphatic rings. The van der Waals surface area contributed by atoms with Crippen LogP contribution in [0.15, 0.2) is 0 Å². The van der Waals surface area contributed by atoms with Gasteiger partial charge in [0.1, 0.15) is 0 Å². The van der Waals surface area contributed by atoms with E-state index in [2.05, 4.69) is 18.7 Å². The molecule has 0 bridgehead atoms. The zero-order valence-corrected chi connectivity index (χ0v) is 11.1. The summed E-state index contributed by atoms with van der Waals surface area (Å²) >= 11 is 5.70. The Morgan fingerprint density at radius 3 is 2.67 bits per heavy atom. The van der Waals surface area contributed by atoms with E-state index in [9.17, 15) is 0 Å². The van der Waals surface area contributed by atoms with Crippen molar-refractivity contribution in [2.75, 3.05) is 25.5 Å². The van der Waals surface area contributed by atoms with Gasteiger partial charge in [-0.25, -0.2) is 0 Å². The molecule has 0 spiro atoms. The molecule has 1 rings (SSSR count). The first-order valence-electron chi connectivity index (χ1n) is 6.52. The summed E-state index contributed by atoms with van der Waals surface area (Å²) in [5.74, 6) is 2.65. The summed E-state index contributed by atoms with van der Waals surface area (Å²) in [4.78, 5) is 2.63. The highest BCUT2D eigenvalue weighted by Gasteiger charge is 2.18. The molecule has 2 heteroatoms. The smallest absolute Gasteiger partial charge is 0.0223 e. The van der Waals surface area contributed by atoms with Gasteiger partial charge in [-0.05, 0) is 63.6 Å². The lowest BCUT2D eigenvalue weighted by atomic mass is 9.89. The summed E-state index contributed by atoms with van der Waals surface area (Å²) in [6.45, 7) is 8.62. The number of hydrogen-bond donors (Lipinski definition) is 0. The molecule has 0 N–H and O–H groups in total. The maximum Gasteiger partial charge on any atom is 0.0223 e. The minimum atomic E-state index is 0.822. The molecule has 90 valence electrons. The Bertz CT molecular complexity index is 159. The van der Waals surface area contributed by atoms with E-state index in [1.54, 1.807) is 0 Å². The Balaban J connectivity index is 2.20. The third-order valence-electron chi connectivity index (χ3n) is 3.67. The second-order valence-corrected chi connectivity index (χ2v) is 5.55. The van der Waals surface area contributed by atoms with Crippen LogP contribution >= 0.6 is 11.6 Å². The first-order chi connectivity index (χ1) is 7.24.